The van der Waals surface area contributed by atoms with Crippen molar-refractivity contribution in [3.8, 4) is 0 Å². The molecule has 1 N–H and O–H groups in total. The Kier molecular flexibility index (Phi) is 5.18. The smallest absolute Gasteiger partial charge is 0.257 e. The molecule has 1 saturated heterocycles. The lowest BCUT2D eigenvalue weighted by atomic mass is 10.1. The zero-order valence-electron chi connectivity index (χ0n) is 16.7. The molecular weight excluding hydrogens is 406 g/mol. The molecule has 6 nitrogen and oxygen atoms in total. The molecule has 1 aromatic heterocycles. The van der Waals surface area contributed by atoms with Crippen molar-refractivity contribution in [3.05, 3.63) is 52.6 Å². The van der Waals surface area contributed by atoms with Gasteiger partial charge < -0.3 is 0 Å². The molecule has 3 aromatic rings. The number of benzene rings is 2. The topological polar surface area (TPSA) is 79.4 Å². The number of rotatable bonds is 4. The number of carbonyl (C=O) groups is 1. The second-order valence-electron chi connectivity index (χ2n) is 7.49. The summed E-state index contributed by atoms with van der Waals surface area (Å²) in [4.78, 5) is 17.6. The first kappa shape index (κ1) is 20.0. The van der Waals surface area contributed by atoms with Crippen LogP contribution in [0.4, 0.5) is 5.13 Å². The minimum Gasteiger partial charge on any atom is -0.298 e. The highest BCUT2D eigenvalue weighted by Crippen LogP contribution is 2.30. The summed E-state index contributed by atoms with van der Waals surface area (Å²) < 4.78 is 28.2. The summed E-state index contributed by atoms with van der Waals surface area (Å²) in [7, 11) is -3.57. The Bertz CT molecular complexity index is 1210. The van der Waals surface area contributed by atoms with Gasteiger partial charge in [-0.25, -0.2) is 13.4 Å². The molecule has 2 heterocycles. The fourth-order valence-electron chi connectivity index (χ4n) is 3.67. The summed E-state index contributed by atoms with van der Waals surface area (Å²) in [6.07, 6.45) is 1.74. The Labute approximate surface area is 174 Å². The lowest BCUT2D eigenvalue weighted by Crippen LogP contribution is -2.28. The molecule has 0 spiro atoms. The van der Waals surface area contributed by atoms with E-state index in [1.165, 1.54) is 21.7 Å². The molecule has 1 fully saturated rings. The van der Waals surface area contributed by atoms with Crippen molar-refractivity contribution in [1.82, 2.24) is 9.29 Å². The highest BCUT2D eigenvalue weighted by molar-refractivity contribution is 7.89. The molecule has 1 amide bonds. The van der Waals surface area contributed by atoms with Gasteiger partial charge in [-0.05, 0) is 68.5 Å². The van der Waals surface area contributed by atoms with Crippen LogP contribution in [0.15, 0.2) is 35.2 Å². The van der Waals surface area contributed by atoms with Crippen LogP contribution in [0.25, 0.3) is 10.2 Å². The molecule has 0 radical (unpaired) electrons. The zero-order chi connectivity index (χ0) is 20.8. The third-order valence-electron chi connectivity index (χ3n) is 5.21. The summed E-state index contributed by atoms with van der Waals surface area (Å²) in [6, 6.07) is 8.84. The molecule has 4 rings (SSSR count). The standard InChI is InChI=1S/C21H23N3O3S2/c1-13-10-15(3)19-18(11-13)28-21(22-19)23-20(25)17-12-16(7-6-14(17)2)29(26,27)24-8-4-5-9-24/h6-7,10-12H,4-5,8-9H2,1-3H3,(H,22,23,25). The van der Waals surface area contributed by atoms with E-state index in [2.05, 4.69) is 16.4 Å². The van der Waals surface area contributed by atoms with E-state index < -0.39 is 10.0 Å². The Morgan fingerprint density at radius 1 is 1.07 bits per heavy atom. The second-order valence-corrected chi connectivity index (χ2v) is 10.5. The molecule has 0 unspecified atom stereocenters. The maximum Gasteiger partial charge on any atom is 0.257 e. The van der Waals surface area contributed by atoms with E-state index in [-0.39, 0.29) is 10.8 Å². The average molecular weight is 430 g/mol. The van der Waals surface area contributed by atoms with Crippen LogP contribution in [0.5, 0.6) is 0 Å². The van der Waals surface area contributed by atoms with E-state index >= 15 is 0 Å². The van der Waals surface area contributed by atoms with Crippen molar-refractivity contribution in [2.24, 2.45) is 0 Å². The molecule has 0 saturated carbocycles. The van der Waals surface area contributed by atoms with Crippen molar-refractivity contribution >= 4 is 42.6 Å². The van der Waals surface area contributed by atoms with Gasteiger partial charge in [0.25, 0.3) is 5.91 Å². The van der Waals surface area contributed by atoms with Gasteiger partial charge in [0.1, 0.15) is 0 Å². The number of anilines is 1. The van der Waals surface area contributed by atoms with Gasteiger partial charge in [0.05, 0.1) is 15.1 Å². The number of amides is 1. The molecule has 0 bridgehead atoms. The normalized spacial score (nSPS) is 15.1. The Morgan fingerprint density at radius 2 is 1.79 bits per heavy atom. The summed E-state index contributed by atoms with van der Waals surface area (Å²) in [5.41, 5.74) is 4.14. The number of hydrogen-bond acceptors (Lipinski definition) is 5. The molecule has 2 aromatic carbocycles. The van der Waals surface area contributed by atoms with Gasteiger partial charge in [-0.1, -0.05) is 23.5 Å². The average Bonchev–Trinajstić information content (AvgIpc) is 3.32. The maximum absolute atomic E-state index is 12.9. The van der Waals surface area contributed by atoms with E-state index in [0.717, 1.165) is 39.7 Å². The predicted molar refractivity (Wildman–Crippen MR) is 116 cm³/mol. The van der Waals surface area contributed by atoms with Gasteiger partial charge in [0.2, 0.25) is 10.0 Å². The van der Waals surface area contributed by atoms with Crippen molar-refractivity contribution in [3.63, 3.8) is 0 Å². The summed E-state index contributed by atoms with van der Waals surface area (Å²) in [5.74, 6) is -0.352. The van der Waals surface area contributed by atoms with E-state index in [0.29, 0.717) is 23.8 Å². The summed E-state index contributed by atoms with van der Waals surface area (Å²) >= 11 is 1.42. The van der Waals surface area contributed by atoms with Crippen LogP contribution in [0.2, 0.25) is 0 Å². The van der Waals surface area contributed by atoms with Crippen LogP contribution in [0, 0.1) is 20.8 Å². The number of aromatic nitrogens is 1. The SMILES string of the molecule is Cc1cc(C)c2nc(NC(=O)c3cc(S(=O)(=O)N4CCCC4)ccc3C)sc2c1. The first-order chi connectivity index (χ1) is 13.8. The third-order valence-corrected chi connectivity index (χ3v) is 8.02. The minimum absolute atomic E-state index is 0.158. The molecule has 1 aliphatic heterocycles. The highest BCUT2D eigenvalue weighted by atomic mass is 32.2. The number of fused-ring (bicyclic) bond motifs is 1. The van der Waals surface area contributed by atoms with Crippen LogP contribution in [-0.2, 0) is 10.0 Å². The van der Waals surface area contributed by atoms with Gasteiger partial charge in [0, 0.05) is 18.7 Å². The van der Waals surface area contributed by atoms with Crippen LogP contribution >= 0.6 is 11.3 Å². The van der Waals surface area contributed by atoms with Gasteiger partial charge in [-0.3, -0.25) is 10.1 Å². The molecule has 8 heteroatoms. The van der Waals surface area contributed by atoms with Crippen LogP contribution in [0.1, 0.15) is 39.9 Å². The van der Waals surface area contributed by atoms with Crippen LogP contribution in [-0.4, -0.2) is 36.7 Å². The fourth-order valence-corrected chi connectivity index (χ4v) is 6.25. The quantitative estimate of drug-likeness (QED) is 0.672. The van der Waals surface area contributed by atoms with Crippen molar-refractivity contribution < 1.29 is 13.2 Å². The fraction of sp³-hybridized carbons (Fsp3) is 0.333. The number of sulfonamides is 1. The highest BCUT2D eigenvalue weighted by Gasteiger charge is 2.28. The number of thiazole rings is 1. The predicted octanol–water partition coefficient (Wildman–Crippen LogP) is 4.26. The van der Waals surface area contributed by atoms with Crippen molar-refractivity contribution in [1.29, 1.82) is 0 Å². The monoisotopic (exact) mass is 429 g/mol. The molecule has 29 heavy (non-hydrogen) atoms. The van der Waals surface area contributed by atoms with E-state index in [9.17, 15) is 13.2 Å². The van der Waals surface area contributed by atoms with Crippen LogP contribution < -0.4 is 5.32 Å². The second kappa shape index (κ2) is 7.51. The Morgan fingerprint density at radius 3 is 2.52 bits per heavy atom. The summed E-state index contributed by atoms with van der Waals surface area (Å²) in [6.45, 7) is 6.88. The Balaban J connectivity index is 1.64. The third kappa shape index (κ3) is 3.80. The Hall–Kier alpha value is -2.29. The van der Waals surface area contributed by atoms with Gasteiger partial charge in [-0.15, -0.1) is 0 Å². The lowest BCUT2D eigenvalue weighted by molar-refractivity contribution is 0.102. The first-order valence-corrected chi connectivity index (χ1v) is 11.8. The number of hydrogen-bond donors (Lipinski definition) is 1. The number of aryl methyl sites for hydroxylation is 3. The number of nitrogens with zero attached hydrogens (tertiary/aromatic N) is 2. The molecule has 1 aliphatic rings. The van der Waals surface area contributed by atoms with E-state index in [1.807, 2.05) is 19.9 Å². The largest absolute Gasteiger partial charge is 0.298 e. The summed E-state index contributed by atoms with van der Waals surface area (Å²) in [5, 5.41) is 3.35. The van der Waals surface area contributed by atoms with Gasteiger partial charge >= 0.3 is 0 Å². The first-order valence-electron chi connectivity index (χ1n) is 9.55. The van der Waals surface area contributed by atoms with Crippen molar-refractivity contribution in [2.45, 2.75) is 38.5 Å². The minimum atomic E-state index is -3.57. The van der Waals surface area contributed by atoms with Gasteiger partial charge in [-0.2, -0.15) is 4.31 Å². The molecular formula is C21H23N3O3S2. The number of carbonyl (C=O) groups excluding carboxylic acids is 1. The van der Waals surface area contributed by atoms with Crippen LogP contribution in [0.3, 0.4) is 0 Å². The van der Waals surface area contributed by atoms with E-state index in [1.54, 1.807) is 19.1 Å². The number of nitrogens with one attached hydrogen (secondary N) is 1. The maximum atomic E-state index is 12.9. The van der Waals surface area contributed by atoms with Gasteiger partial charge in [0.15, 0.2) is 5.13 Å². The van der Waals surface area contributed by atoms with E-state index in [4.69, 9.17) is 0 Å². The zero-order valence-corrected chi connectivity index (χ0v) is 18.3. The van der Waals surface area contributed by atoms with Crippen molar-refractivity contribution in [2.75, 3.05) is 18.4 Å². The lowest BCUT2D eigenvalue weighted by Gasteiger charge is -2.16. The molecule has 152 valence electrons. The molecule has 0 aliphatic carbocycles. The molecule has 0 atom stereocenters.